The quantitative estimate of drug-likeness (QED) is 0.619. The minimum Gasteiger partial charge on any atom is -0.372 e. The molecule has 0 saturated carbocycles. The van der Waals surface area contributed by atoms with E-state index in [0.717, 1.165) is 11.3 Å². The molecule has 2 N–H and O–H groups in total. The fourth-order valence-electron chi connectivity index (χ4n) is 5.10. The van der Waals surface area contributed by atoms with Crippen molar-refractivity contribution in [1.29, 1.82) is 0 Å². The Labute approximate surface area is 185 Å². The Morgan fingerprint density at radius 3 is 2.47 bits per heavy atom. The minimum absolute atomic E-state index is 0.0115. The van der Waals surface area contributed by atoms with E-state index in [-0.39, 0.29) is 40.9 Å². The number of urea groups is 1. The topological polar surface area (TPSA) is 114 Å². The first kappa shape index (κ1) is 20.9. The monoisotopic (exact) mass is 463 g/mol. The number of barbiturate groups is 1. The molecule has 2 aromatic rings. The van der Waals surface area contributed by atoms with Gasteiger partial charge in [-0.05, 0) is 32.4 Å². The highest BCUT2D eigenvalue weighted by Gasteiger charge is 2.63. The van der Waals surface area contributed by atoms with Gasteiger partial charge in [0.25, 0.3) is 0 Å². The number of carbonyl (C=O) groups is 3. The Kier molecular flexibility index (Phi) is 4.57. The molecule has 0 aliphatic carbocycles. The van der Waals surface area contributed by atoms with Crippen LogP contribution in [0.4, 0.5) is 19.3 Å². The van der Waals surface area contributed by atoms with E-state index in [4.69, 9.17) is 4.74 Å². The molecular weight excluding hydrogens is 444 g/mol. The number of benzene rings is 1. The molecule has 32 heavy (non-hydrogen) atoms. The highest BCUT2D eigenvalue weighted by Crippen LogP contribution is 2.49. The van der Waals surface area contributed by atoms with Gasteiger partial charge in [0.2, 0.25) is 11.8 Å². The molecule has 5 rings (SSSR count). The smallest absolute Gasteiger partial charge is 0.328 e. The summed E-state index contributed by atoms with van der Waals surface area (Å²) in [6, 6.07) is -0.452. The van der Waals surface area contributed by atoms with E-state index in [1.807, 2.05) is 0 Å². The van der Waals surface area contributed by atoms with Crippen LogP contribution < -0.4 is 15.5 Å². The van der Waals surface area contributed by atoms with Crippen molar-refractivity contribution in [2.75, 3.05) is 11.4 Å². The molecule has 4 amide bonds. The van der Waals surface area contributed by atoms with Gasteiger partial charge in [0.15, 0.2) is 22.1 Å². The van der Waals surface area contributed by atoms with Crippen LogP contribution in [-0.4, -0.2) is 52.8 Å². The summed E-state index contributed by atoms with van der Waals surface area (Å²) >= 11 is 1.10. The van der Waals surface area contributed by atoms with Crippen molar-refractivity contribution in [2.45, 2.75) is 45.4 Å². The summed E-state index contributed by atoms with van der Waals surface area (Å²) in [5.74, 6) is -3.75. The maximum Gasteiger partial charge on any atom is 0.328 e. The number of fused-ring (bicyclic) bond motifs is 4. The summed E-state index contributed by atoms with van der Waals surface area (Å²) in [5.41, 5.74) is -1.60. The van der Waals surface area contributed by atoms with Gasteiger partial charge in [-0.25, -0.2) is 13.6 Å². The van der Waals surface area contributed by atoms with Crippen LogP contribution >= 0.6 is 11.3 Å². The number of aromatic nitrogens is 2. The maximum atomic E-state index is 15.5. The number of hydrogen-bond donors (Lipinski definition) is 2. The molecule has 0 radical (unpaired) electrons. The lowest BCUT2D eigenvalue weighted by Gasteiger charge is -2.55. The Balaban J connectivity index is 1.75. The van der Waals surface area contributed by atoms with Gasteiger partial charge < -0.3 is 9.64 Å². The summed E-state index contributed by atoms with van der Waals surface area (Å²) in [4.78, 5) is 39.5. The fourth-order valence-corrected chi connectivity index (χ4v) is 5.80. The number of anilines is 1. The van der Waals surface area contributed by atoms with Crippen molar-refractivity contribution in [3.8, 4) is 10.6 Å². The van der Waals surface area contributed by atoms with Gasteiger partial charge in [-0.2, -0.15) is 0 Å². The number of carbonyl (C=O) groups excluding carboxylic acids is 3. The fraction of sp³-hybridized carbons (Fsp3) is 0.450. The van der Waals surface area contributed by atoms with Gasteiger partial charge >= 0.3 is 6.03 Å². The normalized spacial score (nSPS) is 26.5. The molecule has 3 atom stereocenters. The molecule has 2 unspecified atom stereocenters. The Morgan fingerprint density at radius 1 is 1.16 bits per heavy atom. The first-order chi connectivity index (χ1) is 15.1. The first-order valence-electron chi connectivity index (χ1n) is 10.0. The number of imide groups is 2. The zero-order chi connectivity index (χ0) is 22.9. The summed E-state index contributed by atoms with van der Waals surface area (Å²) in [7, 11) is 0. The molecule has 9 nitrogen and oxygen atoms in total. The van der Waals surface area contributed by atoms with Crippen molar-refractivity contribution in [3.63, 3.8) is 0 Å². The second-order valence-electron chi connectivity index (χ2n) is 8.32. The molecule has 0 bridgehead atoms. The number of ether oxygens (including phenoxy) is 1. The molecule has 3 aliphatic rings. The number of morpholine rings is 1. The second-order valence-corrected chi connectivity index (χ2v) is 9.50. The summed E-state index contributed by atoms with van der Waals surface area (Å²) in [5, 5.41) is 12.9. The molecule has 3 aliphatic heterocycles. The lowest BCUT2D eigenvalue weighted by molar-refractivity contribution is -0.153. The van der Waals surface area contributed by atoms with Crippen molar-refractivity contribution in [1.82, 2.24) is 20.8 Å². The Bertz CT molecular complexity index is 1160. The highest BCUT2D eigenvalue weighted by molar-refractivity contribution is 7.14. The third-order valence-corrected chi connectivity index (χ3v) is 7.10. The predicted molar refractivity (Wildman–Crippen MR) is 109 cm³/mol. The minimum atomic E-state index is -1.76. The zero-order valence-electron chi connectivity index (χ0n) is 17.4. The van der Waals surface area contributed by atoms with E-state index >= 15 is 8.78 Å². The summed E-state index contributed by atoms with van der Waals surface area (Å²) in [6.07, 6.45) is -1.28. The molecule has 1 aromatic carbocycles. The van der Waals surface area contributed by atoms with Crippen molar-refractivity contribution in [2.24, 2.45) is 5.41 Å². The van der Waals surface area contributed by atoms with Crippen LogP contribution in [0.1, 0.15) is 24.4 Å². The number of halogens is 2. The molecule has 12 heteroatoms. The lowest BCUT2D eigenvalue weighted by atomic mass is 9.66. The molecular formula is C20H19F2N5O4S. The van der Waals surface area contributed by atoms with Crippen LogP contribution in [0.3, 0.4) is 0 Å². The molecule has 1 aromatic heterocycles. The number of amides is 4. The van der Waals surface area contributed by atoms with Gasteiger partial charge in [-0.3, -0.25) is 20.2 Å². The van der Waals surface area contributed by atoms with Crippen LogP contribution in [0.2, 0.25) is 0 Å². The summed E-state index contributed by atoms with van der Waals surface area (Å²) in [6.45, 7) is 5.26. The zero-order valence-corrected chi connectivity index (χ0v) is 18.2. The van der Waals surface area contributed by atoms with E-state index < -0.39 is 47.0 Å². The molecule has 168 valence electrons. The van der Waals surface area contributed by atoms with Crippen LogP contribution in [0.5, 0.6) is 0 Å². The lowest BCUT2D eigenvalue weighted by Crippen LogP contribution is -2.75. The Hall–Kier alpha value is -2.99. The third-order valence-electron chi connectivity index (χ3n) is 6.22. The van der Waals surface area contributed by atoms with E-state index in [1.165, 1.54) is 11.0 Å². The molecule has 1 spiro atoms. The number of nitrogens with one attached hydrogen (secondary N) is 2. The molecule has 4 heterocycles. The van der Waals surface area contributed by atoms with Crippen molar-refractivity contribution >= 4 is 34.9 Å². The maximum absolute atomic E-state index is 15.5. The van der Waals surface area contributed by atoms with E-state index in [1.54, 1.807) is 20.8 Å². The average Bonchev–Trinajstić information content (AvgIpc) is 3.14. The van der Waals surface area contributed by atoms with Crippen LogP contribution in [0.25, 0.3) is 10.6 Å². The second kappa shape index (κ2) is 7.01. The SMILES string of the molecule is Cc1nnc(-c2cc3c(c(F)c2F)N2CC(C)OC(C)[C@H]2C2(C3)C(=O)NC(=O)NC2=O)s1. The third kappa shape index (κ3) is 2.78. The van der Waals surface area contributed by atoms with Crippen LogP contribution in [0, 0.1) is 24.0 Å². The van der Waals surface area contributed by atoms with Crippen molar-refractivity contribution < 1.29 is 27.9 Å². The number of hydrogen-bond acceptors (Lipinski definition) is 8. The Morgan fingerprint density at radius 2 is 1.84 bits per heavy atom. The highest BCUT2D eigenvalue weighted by atomic mass is 32.1. The van der Waals surface area contributed by atoms with E-state index in [9.17, 15) is 14.4 Å². The van der Waals surface area contributed by atoms with E-state index in [2.05, 4.69) is 20.8 Å². The van der Waals surface area contributed by atoms with Crippen LogP contribution in [0.15, 0.2) is 6.07 Å². The van der Waals surface area contributed by atoms with E-state index in [0.29, 0.717) is 5.01 Å². The average molecular weight is 463 g/mol. The van der Waals surface area contributed by atoms with Crippen molar-refractivity contribution in [3.05, 3.63) is 28.3 Å². The number of rotatable bonds is 1. The largest absolute Gasteiger partial charge is 0.372 e. The standard InChI is InChI=1S/C20H19F2N5O4S/c1-7-6-27-14-10(4-11(12(21)13(14)22)16-26-25-9(3)32-16)5-20(15(27)8(2)31-7)17(28)23-19(30)24-18(20)29/h4,7-8,15H,5-6H2,1-3H3,(H2,23,24,28,29,30)/t7?,8?,15-/m0/s1. The van der Waals surface area contributed by atoms with Gasteiger partial charge in [-0.1, -0.05) is 11.3 Å². The molecule has 2 saturated heterocycles. The first-order valence-corrected chi connectivity index (χ1v) is 10.9. The van der Waals surface area contributed by atoms with Gasteiger partial charge in [0.1, 0.15) is 5.01 Å². The van der Waals surface area contributed by atoms with Gasteiger partial charge in [0, 0.05) is 13.0 Å². The van der Waals surface area contributed by atoms with Gasteiger partial charge in [0.05, 0.1) is 29.5 Å². The number of nitrogens with zero attached hydrogens (tertiary/aromatic N) is 3. The van der Waals surface area contributed by atoms with Crippen LogP contribution in [-0.2, 0) is 20.7 Å². The number of aryl methyl sites for hydroxylation is 1. The van der Waals surface area contributed by atoms with Gasteiger partial charge in [-0.15, -0.1) is 10.2 Å². The summed E-state index contributed by atoms with van der Waals surface area (Å²) < 4.78 is 36.6. The molecule has 2 fully saturated rings. The predicted octanol–water partition coefficient (Wildman–Crippen LogP) is 1.68.